The van der Waals surface area contributed by atoms with E-state index >= 15 is 0 Å². The van der Waals surface area contributed by atoms with E-state index in [2.05, 4.69) is 15.4 Å². The maximum absolute atomic E-state index is 13.8. The Morgan fingerprint density at radius 3 is 2.59 bits per heavy atom. The van der Waals surface area contributed by atoms with E-state index < -0.39 is 17.8 Å². The van der Waals surface area contributed by atoms with Gasteiger partial charge in [-0.1, -0.05) is 6.07 Å². The molecular formula is C23H17F3N4O4. The van der Waals surface area contributed by atoms with Crippen LogP contribution in [0, 0.1) is 0 Å². The van der Waals surface area contributed by atoms with Gasteiger partial charge >= 0.3 is 6.18 Å². The maximum Gasteiger partial charge on any atom is 0.433 e. The SMILES string of the molecule is COc1ccc(-c2cc(C(F)(F)F)n3nc(C(=O)NCc4ccc5c(c4)OCO5)cc3n2)cc1. The van der Waals surface area contributed by atoms with Gasteiger partial charge in [0, 0.05) is 18.2 Å². The van der Waals surface area contributed by atoms with Crippen LogP contribution in [0.1, 0.15) is 21.7 Å². The zero-order valence-corrected chi connectivity index (χ0v) is 17.7. The number of nitrogens with zero attached hydrogens (tertiary/aromatic N) is 3. The van der Waals surface area contributed by atoms with E-state index in [-0.39, 0.29) is 30.4 Å². The Bertz CT molecular complexity index is 1380. The number of aromatic nitrogens is 3. The second-order valence-corrected chi connectivity index (χ2v) is 7.42. The van der Waals surface area contributed by atoms with Crippen molar-refractivity contribution in [2.24, 2.45) is 0 Å². The molecule has 2 aromatic carbocycles. The molecule has 8 nitrogen and oxygen atoms in total. The highest BCUT2D eigenvalue weighted by Gasteiger charge is 2.35. The van der Waals surface area contributed by atoms with E-state index in [1.165, 1.54) is 13.2 Å². The van der Waals surface area contributed by atoms with Crippen LogP contribution in [0.3, 0.4) is 0 Å². The number of carbonyl (C=O) groups is 1. The van der Waals surface area contributed by atoms with Gasteiger partial charge in [0.25, 0.3) is 5.91 Å². The molecule has 0 aliphatic carbocycles. The van der Waals surface area contributed by atoms with E-state index in [1.54, 1.807) is 42.5 Å². The maximum atomic E-state index is 13.8. The van der Waals surface area contributed by atoms with Gasteiger partial charge in [-0.05, 0) is 48.0 Å². The van der Waals surface area contributed by atoms with E-state index in [9.17, 15) is 18.0 Å². The molecule has 2 aromatic heterocycles. The summed E-state index contributed by atoms with van der Waals surface area (Å²) < 4.78 is 57.6. The highest BCUT2D eigenvalue weighted by atomic mass is 19.4. The Morgan fingerprint density at radius 2 is 1.85 bits per heavy atom. The third-order valence-corrected chi connectivity index (χ3v) is 5.23. The summed E-state index contributed by atoms with van der Waals surface area (Å²) in [6, 6.07) is 13.8. The number of nitrogens with one attached hydrogen (secondary N) is 1. The first kappa shape index (κ1) is 21.6. The topological polar surface area (TPSA) is 87.0 Å². The molecule has 5 rings (SSSR count). The molecule has 0 spiro atoms. The molecule has 1 aliphatic heterocycles. The van der Waals surface area contributed by atoms with Gasteiger partial charge in [0.05, 0.1) is 12.8 Å². The molecule has 0 saturated heterocycles. The van der Waals surface area contributed by atoms with Crippen LogP contribution in [0.15, 0.2) is 54.6 Å². The minimum Gasteiger partial charge on any atom is -0.497 e. The molecule has 174 valence electrons. The van der Waals surface area contributed by atoms with Gasteiger partial charge in [-0.2, -0.15) is 18.3 Å². The number of halogens is 3. The summed E-state index contributed by atoms with van der Waals surface area (Å²) in [4.78, 5) is 16.9. The molecule has 0 atom stereocenters. The second-order valence-electron chi connectivity index (χ2n) is 7.42. The van der Waals surface area contributed by atoms with Crippen molar-refractivity contribution in [1.82, 2.24) is 19.9 Å². The van der Waals surface area contributed by atoms with Gasteiger partial charge < -0.3 is 19.5 Å². The van der Waals surface area contributed by atoms with Crippen LogP contribution in [0.25, 0.3) is 16.9 Å². The number of alkyl halides is 3. The zero-order valence-electron chi connectivity index (χ0n) is 17.7. The lowest BCUT2D eigenvalue weighted by molar-refractivity contribution is -0.142. The number of rotatable bonds is 5. The molecular weight excluding hydrogens is 453 g/mol. The molecule has 11 heteroatoms. The number of carbonyl (C=O) groups excluding carboxylic acids is 1. The van der Waals surface area contributed by atoms with Crippen molar-refractivity contribution in [2.45, 2.75) is 12.7 Å². The predicted molar refractivity (Wildman–Crippen MR) is 114 cm³/mol. The number of hydrogen-bond acceptors (Lipinski definition) is 6. The summed E-state index contributed by atoms with van der Waals surface area (Å²) in [6.45, 7) is 0.249. The van der Waals surface area contributed by atoms with Crippen LogP contribution in [0.4, 0.5) is 13.2 Å². The largest absolute Gasteiger partial charge is 0.497 e. The van der Waals surface area contributed by atoms with E-state index in [4.69, 9.17) is 14.2 Å². The van der Waals surface area contributed by atoms with Gasteiger partial charge in [0.1, 0.15) is 5.75 Å². The highest BCUT2D eigenvalue weighted by Crippen LogP contribution is 2.33. The molecule has 1 N–H and O–H groups in total. The lowest BCUT2D eigenvalue weighted by atomic mass is 10.1. The molecule has 34 heavy (non-hydrogen) atoms. The summed E-state index contributed by atoms with van der Waals surface area (Å²) >= 11 is 0. The number of fused-ring (bicyclic) bond motifs is 2. The van der Waals surface area contributed by atoms with Crippen LogP contribution in [0.2, 0.25) is 0 Å². The fourth-order valence-electron chi connectivity index (χ4n) is 3.52. The average molecular weight is 470 g/mol. The van der Waals surface area contributed by atoms with E-state index in [0.717, 1.165) is 11.6 Å². The minimum atomic E-state index is -4.71. The van der Waals surface area contributed by atoms with Gasteiger partial charge in [-0.15, -0.1) is 0 Å². The average Bonchev–Trinajstić information content (AvgIpc) is 3.47. The Balaban J connectivity index is 1.44. The number of ether oxygens (including phenoxy) is 3. The van der Waals surface area contributed by atoms with Crippen molar-refractivity contribution < 1.29 is 32.2 Å². The normalized spacial score (nSPS) is 12.7. The number of methoxy groups -OCH3 is 1. The monoisotopic (exact) mass is 470 g/mol. The first-order chi connectivity index (χ1) is 16.3. The second kappa shape index (κ2) is 8.25. The zero-order chi connectivity index (χ0) is 23.9. The third-order valence-electron chi connectivity index (χ3n) is 5.23. The molecule has 0 radical (unpaired) electrons. The van der Waals surface area contributed by atoms with E-state index in [1.807, 2.05) is 0 Å². The van der Waals surface area contributed by atoms with Crippen molar-refractivity contribution in [3.8, 4) is 28.5 Å². The van der Waals surface area contributed by atoms with E-state index in [0.29, 0.717) is 27.3 Å². The summed E-state index contributed by atoms with van der Waals surface area (Å²) in [5, 5.41) is 6.52. The molecule has 0 saturated carbocycles. The van der Waals surface area contributed by atoms with Crippen molar-refractivity contribution in [3.63, 3.8) is 0 Å². The Hall–Kier alpha value is -4.28. The molecule has 1 amide bonds. The van der Waals surface area contributed by atoms with Gasteiger partial charge in [0.2, 0.25) is 6.79 Å². The van der Waals surface area contributed by atoms with Crippen molar-refractivity contribution in [1.29, 1.82) is 0 Å². The Labute approximate surface area is 190 Å². The van der Waals surface area contributed by atoms with Gasteiger partial charge in [-0.25, -0.2) is 9.50 Å². The molecule has 0 bridgehead atoms. The molecule has 3 heterocycles. The number of benzene rings is 2. The standard InChI is InChI=1S/C23H17F3N4O4/c1-32-15-5-3-14(4-6-15)16-9-20(23(24,25)26)30-21(28-16)10-17(29-30)22(31)27-11-13-2-7-18-19(8-13)34-12-33-18/h2-10H,11-12H2,1H3,(H,27,31). The first-order valence-electron chi connectivity index (χ1n) is 10.1. The van der Waals surface area contributed by atoms with Crippen molar-refractivity contribution >= 4 is 11.6 Å². The smallest absolute Gasteiger partial charge is 0.433 e. The minimum absolute atomic E-state index is 0.0923. The number of hydrogen-bond donors (Lipinski definition) is 1. The molecule has 1 aliphatic rings. The summed E-state index contributed by atoms with van der Waals surface area (Å²) in [6.07, 6.45) is -4.71. The summed E-state index contributed by atoms with van der Waals surface area (Å²) in [5.41, 5.74) is -0.0478. The van der Waals surface area contributed by atoms with Crippen LogP contribution in [-0.4, -0.2) is 34.4 Å². The summed E-state index contributed by atoms with van der Waals surface area (Å²) in [5.74, 6) is 1.09. The lowest BCUT2D eigenvalue weighted by Crippen LogP contribution is -2.23. The fraction of sp³-hybridized carbons (Fsp3) is 0.174. The van der Waals surface area contributed by atoms with Crippen LogP contribution < -0.4 is 19.5 Å². The van der Waals surface area contributed by atoms with Gasteiger partial charge in [0.15, 0.2) is 28.5 Å². The Kier molecular flexibility index (Phi) is 5.23. The first-order valence-corrected chi connectivity index (χ1v) is 10.1. The molecule has 0 fully saturated rings. The van der Waals surface area contributed by atoms with Crippen molar-refractivity contribution in [3.05, 3.63) is 71.5 Å². The van der Waals surface area contributed by atoms with Crippen LogP contribution in [0.5, 0.6) is 17.2 Å². The van der Waals surface area contributed by atoms with Crippen LogP contribution in [-0.2, 0) is 12.7 Å². The third kappa shape index (κ3) is 4.07. The molecule has 4 aromatic rings. The van der Waals surface area contributed by atoms with Crippen molar-refractivity contribution in [2.75, 3.05) is 13.9 Å². The predicted octanol–water partition coefficient (Wildman–Crippen LogP) is 4.08. The lowest BCUT2D eigenvalue weighted by Gasteiger charge is -2.11. The number of amides is 1. The summed E-state index contributed by atoms with van der Waals surface area (Å²) in [7, 11) is 1.49. The fourth-order valence-corrected chi connectivity index (χ4v) is 3.52. The molecule has 0 unspecified atom stereocenters. The van der Waals surface area contributed by atoms with Gasteiger partial charge in [-0.3, -0.25) is 4.79 Å². The Morgan fingerprint density at radius 1 is 1.09 bits per heavy atom. The quantitative estimate of drug-likeness (QED) is 0.473. The highest BCUT2D eigenvalue weighted by molar-refractivity contribution is 5.93. The van der Waals surface area contributed by atoms with Crippen LogP contribution >= 0.6 is 0 Å².